The quantitative estimate of drug-likeness (QED) is 0.599. The Hall–Kier alpha value is -1.52. The molecule has 0 spiro atoms. The first-order chi connectivity index (χ1) is 10.6. The average Bonchev–Trinajstić information content (AvgIpc) is 2.54. The molecule has 5 heteroatoms. The fourth-order valence-electron chi connectivity index (χ4n) is 1.97. The van der Waals surface area contributed by atoms with Gasteiger partial charge in [-0.15, -0.1) is 11.8 Å². The second kappa shape index (κ2) is 8.81. The maximum Gasteiger partial charge on any atom is 0.220 e. The molecule has 116 valence electrons. The number of thioether (sulfide) groups is 1. The molecule has 0 saturated heterocycles. The summed E-state index contributed by atoms with van der Waals surface area (Å²) < 4.78 is 0. The molecule has 1 aromatic heterocycles. The van der Waals surface area contributed by atoms with E-state index in [0.717, 1.165) is 22.9 Å². The number of halogens is 1. The lowest BCUT2D eigenvalue weighted by Gasteiger charge is -2.13. The summed E-state index contributed by atoms with van der Waals surface area (Å²) in [4.78, 5) is 17.3. The van der Waals surface area contributed by atoms with Crippen LogP contribution in [-0.4, -0.2) is 16.6 Å². The Morgan fingerprint density at radius 1 is 1.27 bits per heavy atom. The van der Waals surface area contributed by atoms with E-state index in [9.17, 15) is 4.79 Å². The fraction of sp³-hybridized carbons (Fsp3) is 0.294. The van der Waals surface area contributed by atoms with Crippen molar-refractivity contribution in [2.75, 3.05) is 5.75 Å². The maximum absolute atomic E-state index is 11.9. The molecule has 2 aromatic rings. The number of hydrogen-bond donors (Lipinski definition) is 1. The van der Waals surface area contributed by atoms with Gasteiger partial charge in [-0.2, -0.15) is 0 Å². The van der Waals surface area contributed by atoms with Crippen LogP contribution in [0.25, 0.3) is 0 Å². The van der Waals surface area contributed by atoms with Crippen molar-refractivity contribution in [2.45, 2.75) is 30.7 Å². The number of rotatable bonds is 7. The summed E-state index contributed by atoms with van der Waals surface area (Å²) in [7, 11) is 0. The van der Waals surface area contributed by atoms with Crippen molar-refractivity contribution in [1.82, 2.24) is 10.3 Å². The number of amides is 1. The standard InChI is InChI=1S/C17H19ClN2OS/c1-13(16-5-2-3-11-19-16)20-17(21)6-4-12-22-15-9-7-14(18)8-10-15/h2-3,5,7-11,13H,4,6,12H2,1H3,(H,20,21). The molecule has 0 aliphatic carbocycles. The number of hydrogen-bond acceptors (Lipinski definition) is 3. The molecular formula is C17H19ClN2OS. The zero-order chi connectivity index (χ0) is 15.8. The van der Waals surface area contributed by atoms with Crippen LogP contribution in [0.2, 0.25) is 5.02 Å². The van der Waals surface area contributed by atoms with Crippen molar-refractivity contribution in [3.05, 3.63) is 59.4 Å². The SMILES string of the molecule is CC(NC(=O)CCCSc1ccc(Cl)cc1)c1ccccn1. The van der Waals surface area contributed by atoms with E-state index in [-0.39, 0.29) is 11.9 Å². The largest absolute Gasteiger partial charge is 0.348 e. The summed E-state index contributed by atoms with van der Waals surface area (Å²) in [6.45, 7) is 1.95. The van der Waals surface area contributed by atoms with Crippen LogP contribution in [0.15, 0.2) is 53.6 Å². The van der Waals surface area contributed by atoms with E-state index in [1.165, 1.54) is 4.90 Å². The van der Waals surface area contributed by atoms with Crippen LogP contribution < -0.4 is 5.32 Å². The molecule has 2 rings (SSSR count). The molecule has 1 atom stereocenters. The normalized spacial score (nSPS) is 11.9. The minimum Gasteiger partial charge on any atom is -0.348 e. The third-order valence-electron chi connectivity index (χ3n) is 3.14. The van der Waals surface area contributed by atoms with Crippen molar-refractivity contribution < 1.29 is 4.79 Å². The zero-order valence-corrected chi connectivity index (χ0v) is 14.0. The van der Waals surface area contributed by atoms with E-state index >= 15 is 0 Å². The first kappa shape index (κ1) is 16.8. The molecule has 1 amide bonds. The molecule has 0 saturated carbocycles. The lowest BCUT2D eigenvalue weighted by atomic mass is 10.2. The molecule has 0 fully saturated rings. The number of carbonyl (C=O) groups excluding carboxylic acids is 1. The third-order valence-corrected chi connectivity index (χ3v) is 4.49. The van der Waals surface area contributed by atoms with Gasteiger partial charge in [0.1, 0.15) is 0 Å². The first-order valence-corrected chi connectivity index (χ1v) is 8.60. The Balaban J connectivity index is 1.66. The highest BCUT2D eigenvalue weighted by molar-refractivity contribution is 7.99. The smallest absolute Gasteiger partial charge is 0.220 e. The van der Waals surface area contributed by atoms with Gasteiger partial charge in [-0.3, -0.25) is 9.78 Å². The van der Waals surface area contributed by atoms with E-state index < -0.39 is 0 Å². The van der Waals surface area contributed by atoms with Crippen molar-refractivity contribution in [3.63, 3.8) is 0 Å². The van der Waals surface area contributed by atoms with Gasteiger partial charge in [-0.1, -0.05) is 17.7 Å². The minimum atomic E-state index is -0.0578. The molecule has 1 aromatic carbocycles. The van der Waals surface area contributed by atoms with E-state index in [4.69, 9.17) is 11.6 Å². The maximum atomic E-state index is 11.9. The van der Waals surface area contributed by atoms with Gasteiger partial charge in [0.25, 0.3) is 0 Å². The van der Waals surface area contributed by atoms with Crippen molar-refractivity contribution in [1.29, 1.82) is 0 Å². The molecule has 22 heavy (non-hydrogen) atoms. The Labute approximate surface area is 140 Å². The highest BCUT2D eigenvalue weighted by Gasteiger charge is 2.09. The first-order valence-electron chi connectivity index (χ1n) is 7.24. The Bertz CT molecular complexity index is 589. The lowest BCUT2D eigenvalue weighted by molar-refractivity contribution is -0.121. The Morgan fingerprint density at radius 2 is 2.05 bits per heavy atom. The lowest BCUT2D eigenvalue weighted by Crippen LogP contribution is -2.26. The summed E-state index contributed by atoms with van der Waals surface area (Å²) in [6.07, 6.45) is 3.10. The van der Waals surface area contributed by atoms with Gasteiger partial charge in [0, 0.05) is 22.5 Å². The van der Waals surface area contributed by atoms with Crippen LogP contribution in [0.5, 0.6) is 0 Å². The monoisotopic (exact) mass is 334 g/mol. The van der Waals surface area contributed by atoms with Gasteiger partial charge in [0.2, 0.25) is 5.91 Å². The molecule has 0 bridgehead atoms. The Morgan fingerprint density at radius 3 is 2.73 bits per heavy atom. The van der Waals surface area contributed by atoms with Crippen LogP contribution in [0, 0.1) is 0 Å². The highest BCUT2D eigenvalue weighted by atomic mass is 35.5. The van der Waals surface area contributed by atoms with Gasteiger partial charge in [0.15, 0.2) is 0 Å². The molecule has 3 nitrogen and oxygen atoms in total. The van der Waals surface area contributed by atoms with E-state index in [1.54, 1.807) is 18.0 Å². The predicted molar refractivity (Wildman–Crippen MR) is 92.2 cm³/mol. The second-order valence-corrected chi connectivity index (χ2v) is 6.55. The number of pyridine rings is 1. The summed E-state index contributed by atoms with van der Waals surface area (Å²) in [5.74, 6) is 0.974. The van der Waals surface area contributed by atoms with Gasteiger partial charge < -0.3 is 5.32 Å². The number of benzene rings is 1. The average molecular weight is 335 g/mol. The van der Waals surface area contributed by atoms with Crippen molar-refractivity contribution >= 4 is 29.3 Å². The van der Waals surface area contributed by atoms with E-state index in [1.807, 2.05) is 49.4 Å². The number of nitrogens with zero attached hydrogens (tertiary/aromatic N) is 1. The van der Waals surface area contributed by atoms with Gasteiger partial charge >= 0.3 is 0 Å². The zero-order valence-electron chi connectivity index (χ0n) is 12.5. The van der Waals surface area contributed by atoms with Crippen molar-refractivity contribution in [3.8, 4) is 0 Å². The second-order valence-electron chi connectivity index (χ2n) is 4.95. The Kier molecular flexibility index (Phi) is 6.74. The van der Waals surface area contributed by atoms with E-state index in [2.05, 4.69) is 10.3 Å². The highest BCUT2D eigenvalue weighted by Crippen LogP contribution is 2.21. The summed E-state index contributed by atoms with van der Waals surface area (Å²) in [5, 5.41) is 3.72. The number of aromatic nitrogens is 1. The molecule has 0 aliphatic heterocycles. The van der Waals surface area contributed by atoms with Gasteiger partial charge in [0.05, 0.1) is 11.7 Å². The molecule has 1 heterocycles. The number of carbonyl (C=O) groups is 1. The topological polar surface area (TPSA) is 42.0 Å². The van der Waals surface area contributed by atoms with Crippen LogP contribution >= 0.6 is 23.4 Å². The molecule has 1 N–H and O–H groups in total. The van der Waals surface area contributed by atoms with Crippen molar-refractivity contribution in [2.24, 2.45) is 0 Å². The summed E-state index contributed by atoms with van der Waals surface area (Å²) >= 11 is 7.58. The summed E-state index contributed by atoms with van der Waals surface area (Å²) in [5.41, 5.74) is 0.881. The van der Waals surface area contributed by atoms with Gasteiger partial charge in [-0.05, 0) is 55.5 Å². The van der Waals surface area contributed by atoms with Gasteiger partial charge in [-0.25, -0.2) is 0 Å². The van der Waals surface area contributed by atoms with Crippen LogP contribution in [0.3, 0.4) is 0 Å². The fourth-order valence-corrected chi connectivity index (χ4v) is 2.95. The number of nitrogens with one attached hydrogen (secondary N) is 1. The third kappa shape index (κ3) is 5.70. The summed E-state index contributed by atoms with van der Waals surface area (Å²) in [6, 6.07) is 13.4. The minimum absolute atomic E-state index is 0.0578. The van der Waals surface area contributed by atoms with Crippen LogP contribution in [0.4, 0.5) is 0 Å². The molecular weight excluding hydrogens is 316 g/mol. The van der Waals surface area contributed by atoms with Crippen LogP contribution in [0.1, 0.15) is 31.5 Å². The predicted octanol–water partition coefficient (Wildman–Crippen LogP) is 4.48. The molecule has 0 radical (unpaired) electrons. The van der Waals surface area contributed by atoms with Crippen LogP contribution in [-0.2, 0) is 4.79 Å². The molecule has 1 unspecified atom stereocenters. The molecule has 0 aliphatic rings. The van der Waals surface area contributed by atoms with E-state index in [0.29, 0.717) is 6.42 Å².